The number of esters is 1. The van der Waals surface area contributed by atoms with Crippen molar-refractivity contribution in [2.75, 3.05) is 13.2 Å². The molecule has 30 heavy (non-hydrogen) atoms. The summed E-state index contributed by atoms with van der Waals surface area (Å²) in [5.74, 6) is -0.770. The maximum Gasteiger partial charge on any atom is 0.317 e. The third kappa shape index (κ3) is 5.09. The SMILES string of the molecule is CCOC(=O)[C@@H](N=[N+]=[N-])[C@@H](O)CO[Si](c1ccccc1)(c1ccccc1)C(C)(C)C. The van der Waals surface area contributed by atoms with Crippen molar-refractivity contribution in [3.8, 4) is 0 Å². The van der Waals surface area contributed by atoms with Gasteiger partial charge in [-0.1, -0.05) is 86.5 Å². The van der Waals surface area contributed by atoms with Crippen molar-refractivity contribution in [3.63, 3.8) is 0 Å². The van der Waals surface area contributed by atoms with Crippen LogP contribution in [-0.4, -0.2) is 44.8 Å². The predicted molar refractivity (Wildman–Crippen MR) is 119 cm³/mol. The van der Waals surface area contributed by atoms with Crippen molar-refractivity contribution in [2.45, 2.75) is 44.9 Å². The lowest BCUT2D eigenvalue weighted by Gasteiger charge is -2.43. The summed E-state index contributed by atoms with van der Waals surface area (Å²) in [5.41, 5.74) is 8.82. The van der Waals surface area contributed by atoms with Gasteiger partial charge in [-0.2, -0.15) is 0 Å². The summed E-state index contributed by atoms with van der Waals surface area (Å²) in [6.45, 7) is 7.94. The van der Waals surface area contributed by atoms with Gasteiger partial charge in [0.25, 0.3) is 8.32 Å². The molecule has 0 aliphatic heterocycles. The first-order valence-corrected chi connectivity index (χ1v) is 11.8. The molecule has 0 saturated carbocycles. The first-order valence-electron chi connectivity index (χ1n) is 9.91. The van der Waals surface area contributed by atoms with Crippen LogP contribution in [0.5, 0.6) is 0 Å². The number of carbonyl (C=O) groups is 1. The summed E-state index contributed by atoms with van der Waals surface area (Å²) in [6.07, 6.45) is -1.33. The van der Waals surface area contributed by atoms with Crippen molar-refractivity contribution < 1.29 is 19.1 Å². The van der Waals surface area contributed by atoms with Crippen LogP contribution in [0.3, 0.4) is 0 Å². The Morgan fingerprint density at radius 3 is 2.00 bits per heavy atom. The molecule has 0 saturated heterocycles. The van der Waals surface area contributed by atoms with E-state index in [9.17, 15) is 9.90 Å². The fourth-order valence-electron chi connectivity index (χ4n) is 3.63. The van der Waals surface area contributed by atoms with Crippen molar-refractivity contribution in [3.05, 3.63) is 71.1 Å². The Kier molecular flexibility index (Phi) is 8.20. The van der Waals surface area contributed by atoms with Crippen LogP contribution in [0.15, 0.2) is 65.8 Å². The Bertz CT molecular complexity index is 825. The van der Waals surface area contributed by atoms with E-state index in [1.165, 1.54) is 0 Å². The smallest absolute Gasteiger partial charge is 0.317 e. The molecule has 7 nitrogen and oxygen atoms in total. The number of azide groups is 1. The Morgan fingerprint density at radius 1 is 1.10 bits per heavy atom. The predicted octanol–water partition coefficient (Wildman–Crippen LogP) is 3.17. The molecule has 2 atom stereocenters. The lowest BCUT2D eigenvalue weighted by molar-refractivity contribution is -0.147. The number of benzene rings is 2. The molecule has 0 bridgehead atoms. The molecule has 8 heteroatoms. The van der Waals surface area contributed by atoms with E-state index >= 15 is 0 Å². The number of nitrogens with zero attached hydrogens (tertiary/aromatic N) is 3. The van der Waals surface area contributed by atoms with Gasteiger partial charge in [0, 0.05) is 4.91 Å². The Balaban J connectivity index is 2.48. The molecule has 0 unspecified atom stereocenters. The van der Waals surface area contributed by atoms with Gasteiger partial charge in [0.05, 0.1) is 19.3 Å². The van der Waals surface area contributed by atoms with Crippen molar-refractivity contribution in [1.29, 1.82) is 0 Å². The quantitative estimate of drug-likeness (QED) is 0.218. The molecule has 2 aromatic rings. The maximum atomic E-state index is 12.1. The van der Waals surface area contributed by atoms with E-state index in [1.807, 2.05) is 60.7 Å². The van der Waals surface area contributed by atoms with Gasteiger partial charge < -0.3 is 14.3 Å². The first kappa shape index (κ1) is 23.6. The van der Waals surface area contributed by atoms with Crippen LogP contribution < -0.4 is 10.4 Å². The molecule has 1 N–H and O–H groups in total. The fraction of sp³-hybridized carbons (Fsp3) is 0.409. The van der Waals surface area contributed by atoms with E-state index < -0.39 is 26.4 Å². The zero-order valence-corrected chi connectivity index (χ0v) is 18.9. The standard InChI is InChI=1S/C22H29N3O4Si/c1-5-28-21(27)20(24-25-23)19(26)16-29-30(22(2,3)4,17-12-8-6-9-13-17)18-14-10-7-11-15-18/h6-15,19-20,26H,5,16H2,1-4H3/t19-,20-/m0/s1. The van der Waals surface area contributed by atoms with Crippen molar-refractivity contribution in [2.24, 2.45) is 5.11 Å². The highest BCUT2D eigenvalue weighted by atomic mass is 28.4. The topological polar surface area (TPSA) is 105 Å². The molecule has 0 amide bonds. The van der Waals surface area contributed by atoms with Crippen LogP contribution in [0.1, 0.15) is 27.7 Å². The summed E-state index contributed by atoms with van der Waals surface area (Å²) < 4.78 is 11.5. The minimum absolute atomic E-state index is 0.124. The van der Waals surface area contributed by atoms with Gasteiger partial charge in [0.15, 0.2) is 6.04 Å². The summed E-state index contributed by atoms with van der Waals surface area (Å²) in [4.78, 5) is 14.8. The lowest BCUT2D eigenvalue weighted by Crippen LogP contribution is -2.67. The average Bonchev–Trinajstić information content (AvgIpc) is 2.73. The second kappa shape index (κ2) is 10.4. The largest absolute Gasteiger partial charge is 0.466 e. The minimum atomic E-state index is -2.88. The Morgan fingerprint density at radius 2 is 1.60 bits per heavy atom. The van der Waals surface area contributed by atoms with Crippen LogP contribution in [0.4, 0.5) is 0 Å². The number of ether oxygens (including phenoxy) is 1. The van der Waals surface area contributed by atoms with Crippen molar-refractivity contribution in [1.82, 2.24) is 0 Å². The average molecular weight is 428 g/mol. The van der Waals surface area contributed by atoms with Gasteiger partial charge >= 0.3 is 5.97 Å². The van der Waals surface area contributed by atoms with E-state index in [2.05, 4.69) is 30.8 Å². The van der Waals surface area contributed by atoms with E-state index in [0.29, 0.717) is 0 Å². The van der Waals surface area contributed by atoms with Gasteiger partial charge in [0.2, 0.25) is 0 Å². The summed E-state index contributed by atoms with van der Waals surface area (Å²) >= 11 is 0. The number of hydrogen-bond donors (Lipinski definition) is 1. The van der Waals surface area contributed by atoms with Crippen LogP contribution in [0.2, 0.25) is 5.04 Å². The van der Waals surface area contributed by atoms with E-state index in [1.54, 1.807) is 6.92 Å². The van der Waals surface area contributed by atoms with Gasteiger partial charge in [0.1, 0.15) is 0 Å². The zero-order chi connectivity index (χ0) is 22.2. The lowest BCUT2D eigenvalue weighted by atomic mass is 10.2. The summed E-state index contributed by atoms with van der Waals surface area (Å²) in [7, 11) is -2.88. The van der Waals surface area contributed by atoms with Crippen LogP contribution in [0, 0.1) is 0 Å². The highest BCUT2D eigenvalue weighted by Crippen LogP contribution is 2.36. The third-order valence-electron chi connectivity index (χ3n) is 4.96. The zero-order valence-electron chi connectivity index (χ0n) is 17.9. The number of aliphatic hydroxyl groups is 1. The molecular formula is C22H29N3O4Si. The van der Waals surface area contributed by atoms with E-state index in [-0.39, 0.29) is 18.3 Å². The molecule has 0 aromatic heterocycles. The molecular weight excluding hydrogens is 398 g/mol. The second-order valence-electron chi connectivity index (χ2n) is 7.94. The van der Waals surface area contributed by atoms with Gasteiger partial charge in [-0.05, 0) is 27.9 Å². The second-order valence-corrected chi connectivity index (χ2v) is 12.2. The summed E-state index contributed by atoms with van der Waals surface area (Å²) in [6, 6.07) is 18.5. The minimum Gasteiger partial charge on any atom is -0.466 e. The number of carbonyl (C=O) groups excluding carboxylic acids is 1. The number of aliphatic hydroxyl groups excluding tert-OH is 1. The molecule has 0 fully saturated rings. The first-order chi connectivity index (χ1) is 14.3. The van der Waals surface area contributed by atoms with Crippen LogP contribution >= 0.6 is 0 Å². The Labute approximate surface area is 178 Å². The van der Waals surface area contributed by atoms with Gasteiger partial charge in [-0.3, -0.25) is 4.79 Å². The fourth-order valence-corrected chi connectivity index (χ4v) is 8.20. The molecule has 0 aliphatic rings. The highest BCUT2D eigenvalue weighted by Gasteiger charge is 2.50. The molecule has 2 rings (SSSR count). The molecule has 0 heterocycles. The molecule has 0 spiro atoms. The monoisotopic (exact) mass is 427 g/mol. The molecule has 0 radical (unpaired) electrons. The maximum absolute atomic E-state index is 12.1. The van der Waals surface area contributed by atoms with Gasteiger partial charge in [-0.15, -0.1) is 0 Å². The number of rotatable bonds is 9. The molecule has 160 valence electrons. The third-order valence-corrected chi connectivity index (χ3v) is 9.96. The van der Waals surface area contributed by atoms with Crippen LogP contribution in [0.25, 0.3) is 10.4 Å². The van der Waals surface area contributed by atoms with Gasteiger partial charge in [-0.25, -0.2) is 0 Å². The normalized spacial score (nSPS) is 13.8. The summed E-state index contributed by atoms with van der Waals surface area (Å²) in [5, 5.41) is 15.9. The van der Waals surface area contributed by atoms with Crippen molar-refractivity contribution >= 4 is 24.7 Å². The number of hydrogen-bond acceptors (Lipinski definition) is 5. The van der Waals surface area contributed by atoms with E-state index in [0.717, 1.165) is 10.4 Å². The Hall–Kier alpha value is -2.64. The van der Waals surface area contributed by atoms with E-state index in [4.69, 9.17) is 14.7 Å². The molecule has 0 aliphatic carbocycles. The van der Waals surface area contributed by atoms with Crippen LogP contribution in [-0.2, 0) is 14.0 Å². The molecule has 2 aromatic carbocycles. The highest BCUT2D eigenvalue weighted by molar-refractivity contribution is 6.99.